The average molecular weight is 204 g/mol. The molecule has 0 radical (unpaired) electrons. The molecule has 0 bridgehead atoms. The van der Waals surface area contributed by atoms with Gasteiger partial charge >= 0.3 is 0 Å². The van der Waals surface area contributed by atoms with Crippen LogP contribution < -0.4 is 10.9 Å². The lowest BCUT2D eigenvalue weighted by Gasteiger charge is -2.06. The maximum absolute atomic E-state index is 12.8. The quantitative estimate of drug-likeness (QED) is 0.648. The summed E-state index contributed by atoms with van der Waals surface area (Å²) in [6.45, 7) is 1.39. The van der Waals surface area contributed by atoms with Crippen molar-refractivity contribution >= 4 is 15.7 Å². The molecule has 1 rings (SSSR count). The fraction of sp³-hybridized carbons (Fsp3) is 0.143. The van der Waals surface area contributed by atoms with Gasteiger partial charge in [-0.3, -0.25) is 0 Å². The molecule has 0 saturated carbocycles. The van der Waals surface area contributed by atoms with Gasteiger partial charge in [-0.2, -0.15) is 0 Å². The molecule has 4 N–H and O–H groups in total. The summed E-state index contributed by atoms with van der Waals surface area (Å²) >= 11 is 0. The van der Waals surface area contributed by atoms with Gasteiger partial charge in [0.25, 0.3) is 0 Å². The Morgan fingerprint density at radius 2 is 1.92 bits per heavy atom. The van der Waals surface area contributed by atoms with Gasteiger partial charge < -0.3 is 5.73 Å². The second kappa shape index (κ2) is 2.97. The minimum atomic E-state index is -3.86. The van der Waals surface area contributed by atoms with Crippen molar-refractivity contribution in [3.63, 3.8) is 0 Å². The number of primary sulfonamides is 1. The van der Waals surface area contributed by atoms with Gasteiger partial charge in [-0.15, -0.1) is 0 Å². The highest BCUT2D eigenvalue weighted by Gasteiger charge is 2.15. The van der Waals surface area contributed by atoms with Gasteiger partial charge in [-0.05, 0) is 19.1 Å². The van der Waals surface area contributed by atoms with Crippen molar-refractivity contribution in [1.29, 1.82) is 0 Å². The predicted octanol–water partition coefficient (Wildman–Crippen LogP) is 0.364. The van der Waals surface area contributed by atoms with Gasteiger partial charge in [0.2, 0.25) is 10.0 Å². The Labute approximate surface area is 75.4 Å². The zero-order valence-corrected chi connectivity index (χ0v) is 7.73. The van der Waals surface area contributed by atoms with Crippen molar-refractivity contribution in [3.05, 3.63) is 23.5 Å². The second-order valence-electron chi connectivity index (χ2n) is 2.63. The number of hydrogen-bond donors (Lipinski definition) is 2. The summed E-state index contributed by atoms with van der Waals surface area (Å²) in [6.07, 6.45) is 0. The molecule has 0 aliphatic carbocycles. The summed E-state index contributed by atoms with van der Waals surface area (Å²) < 4.78 is 34.6. The second-order valence-corrected chi connectivity index (χ2v) is 4.16. The molecule has 1 aromatic carbocycles. The highest BCUT2D eigenvalue weighted by Crippen LogP contribution is 2.22. The molecule has 0 atom stereocenters. The van der Waals surface area contributed by atoms with Gasteiger partial charge in [0.15, 0.2) is 0 Å². The third-order valence-electron chi connectivity index (χ3n) is 1.72. The zero-order valence-electron chi connectivity index (χ0n) is 6.91. The molecule has 13 heavy (non-hydrogen) atoms. The largest absolute Gasteiger partial charge is 0.397 e. The Kier molecular flexibility index (Phi) is 2.27. The van der Waals surface area contributed by atoms with Crippen molar-refractivity contribution in [2.75, 3.05) is 5.73 Å². The number of rotatable bonds is 1. The third-order valence-corrected chi connectivity index (χ3v) is 2.68. The van der Waals surface area contributed by atoms with Crippen LogP contribution in [0.3, 0.4) is 0 Å². The number of sulfonamides is 1. The van der Waals surface area contributed by atoms with E-state index in [2.05, 4.69) is 0 Å². The summed E-state index contributed by atoms with van der Waals surface area (Å²) in [5.74, 6) is -0.551. The number of hydrogen-bond acceptors (Lipinski definition) is 3. The van der Waals surface area contributed by atoms with Gasteiger partial charge in [-0.1, -0.05) is 0 Å². The maximum atomic E-state index is 12.8. The zero-order chi connectivity index (χ0) is 10.2. The van der Waals surface area contributed by atoms with E-state index in [1.165, 1.54) is 6.92 Å². The molecular weight excluding hydrogens is 195 g/mol. The van der Waals surface area contributed by atoms with Crippen LogP contribution in [0.4, 0.5) is 10.1 Å². The smallest absolute Gasteiger partial charge is 0.240 e. The van der Waals surface area contributed by atoms with E-state index >= 15 is 0 Å². The van der Waals surface area contributed by atoms with Crippen LogP contribution in [0, 0.1) is 12.7 Å². The van der Waals surface area contributed by atoms with E-state index in [0.717, 1.165) is 12.1 Å². The highest BCUT2D eigenvalue weighted by atomic mass is 32.2. The lowest BCUT2D eigenvalue weighted by Crippen LogP contribution is -2.15. The number of anilines is 1. The molecule has 0 saturated heterocycles. The molecule has 0 aliphatic rings. The van der Waals surface area contributed by atoms with Crippen LogP contribution in [0.1, 0.15) is 5.56 Å². The summed E-state index contributed by atoms with van der Waals surface area (Å²) in [7, 11) is -3.86. The van der Waals surface area contributed by atoms with E-state index < -0.39 is 15.8 Å². The Morgan fingerprint density at radius 1 is 1.38 bits per heavy atom. The molecule has 4 nitrogen and oxygen atoms in total. The van der Waals surface area contributed by atoms with E-state index in [-0.39, 0.29) is 16.1 Å². The topological polar surface area (TPSA) is 86.2 Å². The normalized spacial score (nSPS) is 11.6. The van der Waals surface area contributed by atoms with Gasteiger partial charge in [0.05, 0.1) is 5.69 Å². The first-order valence-electron chi connectivity index (χ1n) is 3.41. The first kappa shape index (κ1) is 9.94. The SMILES string of the molecule is Cc1c(F)ccc(S(N)(=O)=O)c1N. The minimum Gasteiger partial charge on any atom is -0.397 e. The summed E-state index contributed by atoms with van der Waals surface area (Å²) in [5.41, 5.74) is 5.32. The fourth-order valence-electron chi connectivity index (χ4n) is 0.925. The third kappa shape index (κ3) is 1.78. The number of nitrogens with two attached hydrogens (primary N) is 2. The molecule has 0 aromatic heterocycles. The van der Waals surface area contributed by atoms with E-state index in [9.17, 15) is 12.8 Å². The first-order chi connectivity index (χ1) is 5.84. The molecule has 1 aromatic rings. The summed E-state index contributed by atoms with van der Waals surface area (Å²) in [6, 6.07) is 2.07. The number of nitrogen functional groups attached to an aromatic ring is 1. The fourth-order valence-corrected chi connectivity index (χ4v) is 1.64. The van der Waals surface area contributed by atoms with Crippen molar-refractivity contribution in [2.45, 2.75) is 11.8 Å². The van der Waals surface area contributed by atoms with E-state index in [4.69, 9.17) is 10.9 Å². The van der Waals surface area contributed by atoms with Crippen LogP contribution >= 0.6 is 0 Å². The molecule has 0 fully saturated rings. The van der Waals surface area contributed by atoms with Crippen LogP contribution in [0.15, 0.2) is 17.0 Å². The molecule has 0 heterocycles. The Bertz CT molecular complexity index is 442. The Morgan fingerprint density at radius 3 is 2.38 bits per heavy atom. The monoisotopic (exact) mass is 204 g/mol. The van der Waals surface area contributed by atoms with E-state index in [0.29, 0.717) is 0 Å². The van der Waals surface area contributed by atoms with Crippen molar-refractivity contribution in [1.82, 2.24) is 0 Å². The van der Waals surface area contributed by atoms with Crippen LogP contribution in [-0.2, 0) is 10.0 Å². The highest BCUT2D eigenvalue weighted by molar-refractivity contribution is 7.89. The average Bonchev–Trinajstić information content (AvgIpc) is 1.98. The molecular formula is C7H9FN2O2S. The molecule has 0 spiro atoms. The number of benzene rings is 1. The maximum Gasteiger partial charge on any atom is 0.240 e. The molecule has 6 heteroatoms. The summed E-state index contributed by atoms with van der Waals surface area (Å²) in [4.78, 5) is -0.244. The van der Waals surface area contributed by atoms with E-state index in [1.54, 1.807) is 0 Å². The van der Waals surface area contributed by atoms with Gasteiger partial charge in [0, 0.05) is 5.56 Å². The van der Waals surface area contributed by atoms with Crippen molar-refractivity contribution in [3.8, 4) is 0 Å². The first-order valence-corrected chi connectivity index (χ1v) is 4.96. The standard InChI is InChI=1S/C7H9FN2O2S/c1-4-5(8)2-3-6(7(4)9)13(10,11)12/h2-3H,9H2,1H3,(H2,10,11,12). The molecule has 0 amide bonds. The van der Waals surface area contributed by atoms with Crippen LogP contribution in [0.25, 0.3) is 0 Å². The van der Waals surface area contributed by atoms with E-state index in [1.807, 2.05) is 0 Å². The lowest BCUT2D eigenvalue weighted by molar-refractivity contribution is 0.596. The number of halogens is 1. The molecule has 0 unspecified atom stereocenters. The van der Waals surface area contributed by atoms with Crippen LogP contribution in [0.5, 0.6) is 0 Å². The molecule has 0 aliphatic heterocycles. The Hall–Kier alpha value is -1.14. The molecule has 72 valence electrons. The van der Waals surface area contributed by atoms with Gasteiger partial charge in [0.1, 0.15) is 10.7 Å². The van der Waals surface area contributed by atoms with Crippen LogP contribution in [0.2, 0.25) is 0 Å². The minimum absolute atomic E-state index is 0.0894. The lowest BCUT2D eigenvalue weighted by atomic mass is 10.2. The predicted molar refractivity (Wildman–Crippen MR) is 46.9 cm³/mol. The summed E-state index contributed by atoms with van der Waals surface area (Å²) in [5, 5.41) is 4.85. The van der Waals surface area contributed by atoms with Gasteiger partial charge in [-0.25, -0.2) is 17.9 Å². The van der Waals surface area contributed by atoms with Crippen molar-refractivity contribution in [2.24, 2.45) is 5.14 Å². The Balaban J connectivity index is 3.53. The van der Waals surface area contributed by atoms with Crippen LogP contribution in [-0.4, -0.2) is 8.42 Å². The van der Waals surface area contributed by atoms with Crippen molar-refractivity contribution < 1.29 is 12.8 Å².